The number of fused-ring (bicyclic) bond motifs is 1. The number of carbonyl (C=O) groups excluding carboxylic acids is 1. The number of hydrogen-bond donors (Lipinski definition) is 0. The molecule has 1 fully saturated rings. The van der Waals surface area contributed by atoms with Gasteiger partial charge in [-0.3, -0.25) is 0 Å². The molecule has 1 saturated heterocycles. The number of piperidine rings is 1. The summed E-state index contributed by atoms with van der Waals surface area (Å²) in [4.78, 5) is 18.2. The van der Waals surface area contributed by atoms with Crippen molar-refractivity contribution in [2.45, 2.75) is 54.8 Å². The molecule has 2 unspecified atom stereocenters. The van der Waals surface area contributed by atoms with Gasteiger partial charge in [0.25, 0.3) is 0 Å². The van der Waals surface area contributed by atoms with Gasteiger partial charge in [0.05, 0.1) is 24.8 Å². The Morgan fingerprint density at radius 1 is 1.13 bits per heavy atom. The largest absolute Gasteiger partial charge is 0.490 e. The zero-order valence-corrected chi connectivity index (χ0v) is 19.0. The zero-order chi connectivity index (χ0) is 22.0. The van der Waals surface area contributed by atoms with Crippen molar-refractivity contribution in [2.75, 3.05) is 31.1 Å². The lowest BCUT2D eigenvalue weighted by molar-refractivity contribution is 0.0108. The standard InChI is InChI=1S/C24H29FN2O3S/c1-24(2,3)30-23(28)26-12-11-20(19(25)16-26)27-13-14-29-22-10-9-18(15-21(22)27)31-17-7-5-4-6-8-17/h4-10,15,19-20H,11-14,16H2,1-3H3. The summed E-state index contributed by atoms with van der Waals surface area (Å²) >= 11 is 1.67. The van der Waals surface area contributed by atoms with Crippen LogP contribution in [0.1, 0.15) is 27.2 Å². The highest BCUT2D eigenvalue weighted by molar-refractivity contribution is 7.99. The molecule has 0 spiro atoms. The fraction of sp³-hybridized carbons (Fsp3) is 0.458. The van der Waals surface area contributed by atoms with Crippen LogP contribution in [0.25, 0.3) is 0 Å². The van der Waals surface area contributed by atoms with Crippen molar-refractivity contribution in [2.24, 2.45) is 0 Å². The molecule has 2 aliphatic heterocycles. The number of carbonyl (C=O) groups is 1. The Morgan fingerprint density at radius 3 is 2.61 bits per heavy atom. The number of hydrogen-bond acceptors (Lipinski definition) is 5. The zero-order valence-electron chi connectivity index (χ0n) is 18.2. The first-order chi connectivity index (χ1) is 14.8. The van der Waals surface area contributed by atoms with E-state index in [0.29, 0.717) is 26.1 Å². The first kappa shape index (κ1) is 21.8. The minimum atomic E-state index is -1.15. The first-order valence-electron chi connectivity index (χ1n) is 10.7. The van der Waals surface area contributed by atoms with Crippen LogP contribution in [0.3, 0.4) is 0 Å². The fourth-order valence-electron chi connectivity index (χ4n) is 3.99. The molecule has 1 amide bonds. The smallest absolute Gasteiger partial charge is 0.410 e. The Kier molecular flexibility index (Phi) is 6.32. The summed E-state index contributed by atoms with van der Waals surface area (Å²) in [6.07, 6.45) is -1.05. The molecular weight excluding hydrogens is 415 g/mol. The Hall–Kier alpha value is -2.41. The van der Waals surface area contributed by atoms with Crippen LogP contribution in [0.15, 0.2) is 58.3 Å². The lowest BCUT2D eigenvalue weighted by Crippen LogP contribution is -2.56. The maximum atomic E-state index is 15.3. The summed E-state index contributed by atoms with van der Waals surface area (Å²) in [7, 11) is 0. The maximum absolute atomic E-state index is 15.3. The summed E-state index contributed by atoms with van der Waals surface area (Å²) in [5.41, 5.74) is 0.334. The number of rotatable bonds is 3. The number of nitrogens with zero attached hydrogens (tertiary/aromatic N) is 2. The van der Waals surface area contributed by atoms with Gasteiger partial charge in [0.1, 0.15) is 24.1 Å². The highest BCUT2D eigenvalue weighted by Crippen LogP contribution is 2.40. The molecule has 0 radical (unpaired) electrons. The second-order valence-electron chi connectivity index (χ2n) is 8.88. The number of benzene rings is 2. The van der Waals surface area contributed by atoms with E-state index in [1.165, 1.54) is 4.90 Å². The molecule has 0 aliphatic carbocycles. The second kappa shape index (κ2) is 8.99. The van der Waals surface area contributed by atoms with E-state index in [-0.39, 0.29) is 12.6 Å². The molecule has 0 bridgehead atoms. The van der Waals surface area contributed by atoms with Crippen molar-refractivity contribution in [3.8, 4) is 5.75 Å². The molecule has 2 aromatic carbocycles. The van der Waals surface area contributed by atoms with Crippen LogP contribution in [0, 0.1) is 0 Å². The Balaban J connectivity index is 1.49. The number of anilines is 1. The van der Waals surface area contributed by atoms with Crippen molar-refractivity contribution in [1.82, 2.24) is 4.90 Å². The highest BCUT2D eigenvalue weighted by Gasteiger charge is 2.38. The summed E-state index contributed by atoms with van der Waals surface area (Å²) < 4.78 is 26.5. The number of likely N-dealkylation sites (tertiary alicyclic amines) is 1. The normalized spacial score (nSPS) is 21.3. The van der Waals surface area contributed by atoms with Gasteiger partial charge in [-0.05, 0) is 57.5 Å². The van der Waals surface area contributed by atoms with E-state index in [1.807, 2.05) is 51.1 Å². The molecule has 0 aromatic heterocycles. The molecule has 2 atom stereocenters. The predicted octanol–water partition coefficient (Wildman–Crippen LogP) is 5.38. The summed E-state index contributed by atoms with van der Waals surface area (Å²) in [5.74, 6) is 0.783. The second-order valence-corrected chi connectivity index (χ2v) is 10.0. The quantitative estimate of drug-likeness (QED) is 0.635. The van der Waals surface area contributed by atoms with Crippen LogP contribution in [0.5, 0.6) is 5.75 Å². The number of ether oxygens (including phenoxy) is 2. The van der Waals surface area contributed by atoms with E-state index < -0.39 is 17.9 Å². The Morgan fingerprint density at radius 2 is 1.90 bits per heavy atom. The van der Waals surface area contributed by atoms with Gasteiger partial charge in [0, 0.05) is 16.3 Å². The SMILES string of the molecule is CC(C)(C)OC(=O)N1CCC(N2CCOc3ccc(Sc4ccccc4)cc32)C(F)C1. The summed E-state index contributed by atoms with van der Waals surface area (Å²) in [6, 6.07) is 16.0. The monoisotopic (exact) mass is 444 g/mol. The molecule has 5 nitrogen and oxygen atoms in total. The van der Waals surface area contributed by atoms with Crippen LogP contribution in [-0.4, -0.2) is 55.0 Å². The molecule has 166 valence electrons. The molecule has 2 aromatic rings. The van der Waals surface area contributed by atoms with Crippen LogP contribution in [0.2, 0.25) is 0 Å². The molecule has 2 aliphatic rings. The van der Waals surface area contributed by atoms with E-state index in [4.69, 9.17) is 9.47 Å². The summed E-state index contributed by atoms with van der Waals surface area (Å²) in [5, 5.41) is 0. The molecular formula is C24H29FN2O3S. The number of amides is 1. The average Bonchev–Trinajstić information content (AvgIpc) is 2.73. The third kappa shape index (κ3) is 5.26. The molecule has 7 heteroatoms. The van der Waals surface area contributed by atoms with Gasteiger partial charge in [-0.2, -0.15) is 0 Å². The van der Waals surface area contributed by atoms with Crippen molar-refractivity contribution in [3.63, 3.8) is 0 Å². The van der Waals surface area contributed by atoms with Crippen molar-refractivity contribution in [1.29, 1.82) is 0 Å². The van der Waals surface area contributed by atoms with Gasteiger partial charge in [-0.1, -0.05) is 30.0 Å². The van der Waals surface area contributed by atoms with Gasteiger partial charge in [0.2, 0.25) is 0 Å². The van der Waals surface area contributed by atoms with Crippen LogP contribution < -0.4 is 9.64 Å². The van der Waals surface area contributed by atoms with Gasteiger partial charge >= 0.3 is 6.09 Å². The number of halogens is 1. The fourth-order valence-corrected chi connectivity index (χ4v) is 4.86. The minimum Gasteiger partial charge on any atom is -0.490 e. The molecule has 31 heavy (non-hydrogen) atoms. The third-order valence-electron chi connectivity index (χ3n) is 5.37. The molecule has 0 N–H and O–H groups in total. The van der Waals surface area contributed by atoms with E-state index in [9.17, 15) is 4.79 Å². The van der Waals surface area contributed by atoms with Gasteiger partial charge < -0.3 is 19.3 Å². The molecule has 0 saturated carbocycles. The Labute approximate surface area is 187 Å². The van der Waals surface area contributed by atoms with Crippen LogP contribution in [-0.2, 0) is 4.74 Å². The van der Waals surface area contributed by atoms with Crippen molar-refractivity contribution >= 4 is 23.5 Å². The topological polar surface area (TPSA) is 42.0 Å². The summed E-state index contributed by atoms with van der Waals surface area (Å²) in [6.45, 7) is 7.14. The third-order valence-corrected chi connectivity index (χ3v) is 6.37. The van der Waals surface area contributed by atoms with E-state index >= 15 is 4.39 Å². The highest BCUT2D eigenvalue weighted by atomic mass is 32.2. The van der Waals surface area contributed by atoms with Gasteiger partial charge in [-0.25, -0.2) is 9.18 Å². The number of alkyl halides is 1. The minimum absolute atomic E-state index is 0.0464. The van der Waals surface area contributed by atoms with Crippen LogP contribution in [0.4, 0.5) is 14.9 Å². The van der Waals surface area contributed by atoms with Crippen molar-refractivity contribution in [3.05, 3.63) is 48.5 Å². The van der Waals surface area contributed by atoms with Crippen molar-refractivity contribution < 1.29 is 18.7 Å². The Bertz CT molecular complexity index is 919. The van der Waals surface area contributed by atoms with E-state index in [1.54, 1.807) is 11.8 Å². The molecule has 2 heterocycles. The van der Waals surface area contributed by atoms with Gasteiger partial charge in [0.15, 0.2) is 0 Å². The van der Waals surface area contributed by atoms with E-state index in [0.717, 1.165) is 21.2 Å². The van der Waals surface area contributed by atoms with Crippen LogP contribution >= 0.6 is 11.8 Å². The average molecular weight is 445 g/mol. The lowest BCUT2D eigenvalue weighted by atomic mass is 10.00. The first-order valence-corrected chi connectivity index (χ1v) is 11.5. The predicted molar refractivity (Wildman–Crippen MR) is 121 cm³/mol. The lowest BCUT2D eigenvalue weighted by Gasteiger charge is -2.43. The molecule has 4 rings (SSSR count). The van der Waals surface area contributed by atoms with Gasteiger partial charge in [-0.15, -0.1) is 0 Å². The maximum Gasteiger partial charge on any atom is 0.410 e. The van der Waals surface area contributed by atoms with E-state index in [2.05, 4.69) is 23.1 Å².